The van der Waals surface area contributed by atoms with Crippen LogP contribution in [0.3, 0.4) is 0 Å². The van der Waals surface area contributed by atoms with Gasteiger partial charge in [-0.05, 0) is 29.3 Å². The molecule has 0 atom stereocenters. The van der Waals surface area contributed by atoms with Crippen LogP contribution in [0.15, 0.2) is 57.7 Å². The number of benzene rings is 2. The SMILES string of the molecule is COc1ccc2c(CNCc3ccccc3Cl)cc(=O)oc2c1. The fraction of sp³-hybridized carbons (Fsp3) is 0.167. The molecular weight excluding hydrogens is 314 g/mol. The van der Waals surface area contributed by atoms with E-state index in [1.807, 2.05) is 36.4 Å². The van der Waals surface area contributed by atoms with Gasteiger partial charge in [-0.15, -0.1) is 0 Å². The Kier molecular flexibility index (Phi) is 4.65. The van der Waals surface area contributed by atoms with E-state index in [2.05, 4.69) is 5.32 Å². The molecule has 3 rings (SSSR count). The Morgan fingerprint density at radius 1 is 1.09 bits per heavy atom. The minimum atomic E-state index is -0.375. The molecule has 0 aliphatic carbocycles. The number of rotatable bonds is 5. The Hall–Kier alpha value is -2.30. The van der Waals surface area contributed by atoms with E-state index >= 15 is 0 Å². The van der Waals surface area contributed by atoms with E-state index in [9.17, 15) is 4.79 Å². The van der Waals surface area contributed by atoms with E-state index in [-0.39, 0.29) is 5.63 Å². The fourth-order valence-electron chi connectivity index (χ4n) is 2.46. The maximum Gasteiger partial charge on any atom is 0.336 e. The fourth-order valence-corrected chi connectivity index (χ4v) is 2.66. The number of nitrogens with one attached hydrogen (secondary N) is 1. The third kappa shape index (κ3) is 3.55. The Morgan fingerprint density at radius 2 is 1.87 bits per heavy atom. The molecular formula is C18H16ClNO3. The summed E-state index contributed by atoms with van der Waals surface area (Å²) in [5, 5.41) is 4.92. The van der Waals surface area contributed by atoms with Crippen molar-refractivity contribution in [3.05, 3.63) is 75.1 Å². The summed E-state index contributed by atoms with van der Waals surface area (Å²) >= 11 is 6.14. The van der Waals surface area contributed by atoms with Gasteiger partial charge < -0.3 is 14.5 Å². The number of methoxy groups -OCH3 is 1. The van der Waals surface area contributed by atoms with Gasteiger partial charge in [0.2, 0.25) is 0 Å². The van der Waals surface area contributed by atoms with Crippen LogP contribution in [0.1, 0.15) is 11.1 Å². The summed E-state index contributed by atoms with van der Waals surface area (Å²) < 4.78 is 10.4. The van der Waals surface area contributed by atoms with Gasteiger partial charge in [0.05, 0.1) is 7.11 Å². The summed E-state index contributed by atoms with van der Waals surface area (Å²) in [7, 11) is 1.58. The first-order valence-corrected chi connectivity index (χ1v) is 7.60. The summed E-state index contributed by atoms with van der Waals surface area (Å²) in [5.74, 6) is 0.654. The topological polar surface area (TPSA) is 51.5 Å². The molecule has 0 unspecified atom stereocenters. The zero-order valence-corrected chi connectivity index (χ0v) is 13.4. The van der Waals surface area contributed by atoms with Crippen molar-refractivity contribution in [2.45, 2.75) is 13.1 Å². The highest BCUT2D eigenvalue weighted by Crippen LogP contribution is 2.22. The first kappa shape index (κ1) is 15.6. The Morgan fingerprint density at radius 3 is 2.65 bits per heavy atom. The molecule has 118 valence electrons. The Bertz CT molecular complexity index is 889. The number of halogens is 1. The smallest absolute Gasteiger partial charge is 0.336 e. The lowest BCUT2D eigenvalue weighted by Crippen LogP contribution is -2.15. The highest BCUT2D eigenvalue weighted by atomic mass is 35.5. The van der Waals surface area contributed by atoms with Crippen LogP contribution in [0.4, 0.5) is 0 Å². The third-order valence-corrected chi connectivity index (χ3v) is 3.99. The predicted molar refractivity (Wildman–Crippen MR) is 91.0 cm³/mol. The predicted octanol–water partition coefficient (Wildman–Crippen LogP) is 3.74. The maximum atomic E-state index is 11.7. The van der Waals surface area contributed by atoms with Gasteiger partial charge in [0.15, 0.2) is 0 Å². The second-order valence-corrected chi connectivity index (χ2v) is 5.55. The molecule has 0 amide bonds. The van der Waals surface area contributed by atoms with E-state index in [0.717, 1.165) is 21.5 Å². The number of ether oxygens (including phenoxy) is 1. The molecule has 0 aliphatic heterocycles. The molecule has 4 nitrogen and oxygen atoms in total. The minimum Gasteiger partial charge on any atom is -0.497 e. The standard InChI is InChI=1S/C18H16ClNO3/c1-22-14-6-7-15-13(8-18(21)23-17(15)9-14)11-20-10-12-4-2-3-5-16(12)19/h2-9,20H,10-11H2,1H3. The van der Waals surface area contributed by atoms with Crippen molar-refractivity contribution >= 4 is 22.6 Å². The number of hydrogen-bond donors (Lipinski definition) is 1. The van der Waals surface area contributed by atoms with Crippen molar-refractivity contribution < 1.29 is 9.15 Å². The van der Waals surface area contributed by atoms with Crippen LogP contribution in [-0.2, 0) is 13.1 Å². The zero-order valence-electron chi connectivity index (χ0n) is 12.6. The number of fused-ring (bicyclic) bond motifs is 1. The van der Waals surface area contributed by atoms with Gasteiger partial charge in [0.1, 0.15) is 11.3 Å². The Labute approximate surface area is 138 Å². The largest absolute Gasteiger partial charge is 0.497 e. The average molecular weight is 330 g/mol. The third-order valence-electron chi connectivity index (χ3n) is 3.63. The van der Waals surface area contributed by atoms with Crippen molar-refractivity contribution in [2.75, 3.05) is 7.11 Å². The molecule has 0 spiro atoms. The molecule has 2 aromatic carbocycles. The molecule has 3 aromatic rings. The summed E-state index contributed by atoms with van der Waals surface area (Å²) in [6, 6.07) is 14.6. The molecule has 0 fully saturated rings. The zero-order chi connectivity index (χ0) is 16.2. The summed E-state index contributed by atoms with van der Waals surface area (Å²) in [4.78, 5) is 11.7. The molecule has 0 radical (unpaired) electrons. The van der Waals surface area contributed by atoms with Crippen molar-refractivity contribution in [1.29, 1.82) is 0 Å². The number of hydrogen-bond acceptors (Lipinski definition) is 4. The van der Waals surface area contributed by atoms with Crippen LogP contribution >= 0.6 is 11.6 Å². The van der Waals surface area contributed by atoms with E-state index in [4.69, 9.17) is 20.8 Å². The minimum absolute atomic E-state index is 0.375. The van der Waals surface area contributed by atoms with Crippen molar-refractivity contribution in [3.63, 3.8) is 0 Å². The van der Waals surface area contributed by atoms with Crippen LogP contribution in [0.2, 0.25) is 5.02 Å². The molecule has 23 heavy (non-hydrogen) atoms. The second-order valence-electron chi connectivity index (χ2n) is 5.15. The molecule has 0 saturated carbocycles. The molecule has 0 bridgehead atoms. The summed E-state index contributed by atoms with van der Waals surface area (Å²) in [6.45, 7) is 1.16. The molecule has 1 aromatic heterocycles. The van der Waals surface area contributed by atoms with Gasteiger partial charge in [0.25, 0.3) is 0 Å². The summed E-state index contributed by atoms with van der Waals surface area (Å²) in [5.41, 5.74) is 2.04. The highest BCUT2D eigenvalue weighted by molar-refractivity contribution is 6.31. The first-order valence-electron chi connectivity index (χ1n) is 7.22. The van der Waals surface area contributed by atoms with Crippen LogP contribution in [-0.4, -0.2) is 7.11 Å². The van der Waals surface area contributed by atoms with Crippen molar-refractivity contribution in [3.8, 4) is 5.75 Å². The second kappa shape index (κ2) is 6.86. The lowest BCUT2D eigenvalue weighted by Gasteiger charge is -2.09. The van der Waals surface area contributed by atoms with Crippen LogP contribution in [0.5, 0.6) is 5.75 Å². The van der Waals surface area contributed by atoms with Crippen LogP contribution in [0.25, 0.3) is 11.0 Å². The van der Waals surface area contributed by atoms with E-state index < -0.39 is 0 Å². The van der Waals surface area contributed by atoms with Gasteiger partial charge >= 0.3 is 5.63 Å². The molecule has 1 heterocycles. The molecule has 5 heteroatoms. The van der Waals surface area contributed by atoms with E-state index in [0.29, 0.717) is 24.4 Å². The van der Waals surface area contributed by atoms with Gasteiger partial charge in [-0.25, -0.2) is 4.79 Å². The lowest BCUT2D eigenvalue weighted by atomic mass is 10.1. The van der Waals surface area contributed by atoms with Crippen molar-refractivity contribution in [1.82, 2.24) is 5.32 Å². The van der Waals surface area contributed by atoms with Crippen LogP contribution < -0.4 is 15.7 Å². The quantitative estimate of drug-likeness (QED) is 0.724. The maximum absolute atomic E-state index is 11.7. The highest BCUT2D eigenvalue weighted by Gasteiger charge is 2.07. The molecule has 0 saturated heterocycles. The van der Waals surface area contributed by atoms with E-state index in [1.54, 1.807) is 13.2 Å². The lowest BCUT2D eigenvalue weighted by molar-refractivity contribution is 0.414. The van der Waals surface area contributed by atoms with E-state index in [1.165, 1.54) is 6.07 Å². The first-order chi connectivity index (χ1) is 11.2. The Balaban J connectivity index is 1.82. The van der Waals surface area contributed by atoms with Gasteiger partial charge in [-0.2, -0.15) is 0 Å². The monoisotopic (exact) mass is 329 g/mol. The normalized spacial score (nSPS) is 10.9. The van der Waals surface area contributed by atoms with Crippen LogP contribution in [0, 0.1) is 0 Å². The van der Waals surface area contributed by atoms with Gasteiger partial charge in [-0.1, -0.05) is 29.8 Å². The molecule has 1 N–H and O–H groups in total. The van der Waals surface area contributed by atoms with Crippen molar-refractivity contribution in [2.24, 2.45) is 0 Å². The average Bonchev–Trinajstić information content (AvgIpc) is 2.55. The van der Waals surface area contributed by atoms with Gasteiger partial charge in [-0.3, -0.25) is 0 Å². The summed E-state index contributed by atoms with van der Waals surface area (Å²) in [6.07, 6.45) is 0. The van der Waals surface area contributed by atoms with Gasteiger partial charge in [0, 0.05) is 35.6 Å². The molecule has 0 aliphatic rings.